The van der Waals surface area contributed by atoms with Crippen molar-refractivity contribution < 1.29 is 9.53 Å². The Hall–Kier alpha value is -3.45. The van der Waals surface area contributed by atoms with Gasteiger partial charge in [0.05, 0.1) is 12.1 Å². The Bertz CT molecular complexity index is 1060. The predicted octanol–water partition coefficient (Wildman–Crippen LogP) is 4.62. The molecule has 7 heteroatoms. The summed E-state index contributed by atoms with van der Waals surface area (Å²) in [5.41, 5.74) is 8.00. The number of para-hydroxylation sites is 1. The van der Waals surface area contributed by atoms with Crippen LogP contribution in [0.1, 0.15) is 26.7 Å². The van der Waals surface area contributed by atoms with Crippen LogP contribution in [0, 0.1) is 5.92 Å². The fraction of sp³-hybridized carbons (Fsp3) is 0.346. The third-order valence-electron chi connectivity index (χ3n) is 6.15. The van der Waals surface area contributed by atoms with Gasteiger partial charge in [0.2, 0.25) is 0 Å². The van der Waals surface area contributed by atoms with Gasteiger partial charge in [-0.3, -0.25) is 9.69 Å². The number of ketones is 1. The minimum atomic E-state index is 0.221. The Morgan fingerprint density at radius 1 is 1.09 bits per heavy atom. The van der Waals surface area contributed by atoms with Crippen LogP contribution in [0.25, 0.3) is 11.1 Å². The van der Waals surface area contributed by atoms with Gasteiger partial charge in [0.1, 0.15) is 35.2 Å². The number of benzene rings is 2. The number of nitrogens with zero attached hydrogens (tertiary/aromatic N) is 3. The molecule has 3 aromatic rings. The number of nitrogens with one attached hydrogen (secondary N) is 1. The first kappa shape index (κ1) is 22.7. The number of likely N-dealkylation sites (tertiary alicyclic amines) is 1. The highest BCUT2D eigenvalue weighted by Gasteiger charge is 2.25. The van der Waals surface area contributed by atoms with E-state index in [2.05, 4.69) is 27.1 Å². The molecule has 172 valence electrons. The Labute approximate surface area is 195 Å². The maximum Gasteiger partial charge on any atom is 0.143 e. The molecule has 1 unspecified atom stereocenters. The summed E-state index contributed by atoms with van der Waals surface area (Å²) in [6.07, 6.45) is 3.59. The SMILES string of the molecule is CC(=O)CN1CCC(C(C)Nc2ncnc(N)c2-c2ccc(Oc3ccccc3)cc2)CC1. The van der Waals surface area contributed by atoms with E-state index >= 15 is 0 Å². The molecule has 0 spiro atoms. The number of nitrogens with two attached hydrogens (primary N) is 1. The third-order valence-corrected chi connectivity index (χ3v) is 6.15. The van der Waals surface area contributed by atoms with Crippen molar-refractivity contribution in [2.75, 3.05) is 30.7 Å². The molecule has 0 radical (unpaired) electrons. The first-order valence-corrected chi connectivity index (χ1v) is 11.4. The van der Waals surface area contributed by atoms with E-state index in [-0.39, 0.29) is 11.8 Å². The zero-order chi connectivity index (χ0) is 23.2. The third kappa shape index (κ3) is 5.87. The van der Waals surface area contributed by atoms with Gasteiger partial charge in [0.25, 0.3) is 0 Å². The first-order chi connectivity index (χ1) is 16.0. The van der Waals surface area contributed by atoms with Gasteiger partial charge in [0.15, 0.2) is 0 Å². The van der Waals surface area contributed by atoms with Crippen molar-refractivity contribution in [3.8, 4) is 22.6 Å². The van der Waals surface area contributed by atoms with Gasteiger partial charge < -0.3 is 15.8 Å². The lowest BCUT2D eigenvalue weighted by atomic mass is 9.90. The molecular formula is C26H31N5O2. The lowest BCUT2D eigenvalue weighted by molar-refractivity contribution is -0.118. The molecule has 0 aliphatic carbocycles. The maximum atomic E-state index is 11.4. The minimum Gasteiger partial charge on any atom is -0.457 e. The van der Waals surface area contributed by atoms with E-state index in [1.165, 1.54) is 6.33 Å². The summed E-state index contributed by atoms with van der Waals surface area (Å²) in [5, 5.41) is 3.58. The van der Waals surface area contributed by atoms with Gasteiger partial charge in [-0.1, -0.05) is 30.3 Å². The topological polar surface area (TPSA) is 93.4 Å². The second kappa shape index (κ2) is 10.4. The molecule has 1 aliphatic rings. The lowest BCUT2D eigenvalue weighted by Gasteiger charge is -2.35. The predicted molar refractivity (Wildman–Crippen MR) is 131 cm³/mol. The molecule has 2 aromatic carbocycles. The van der Waals surface area contributed by atoms with Gasteiger partial charge in [-0.05, 0) is 75.5 Å². The largest absolute Gasteiger partial charge is 0.457 e. The number of piperidine rings is 1. The number of anilines is 2. The quantitative estimate of drug-likeness (QED) is 0.522. The van der Waals surface area contributed by atoms with Gasteiger partial charge in [-0.2, -0.15) is 0 Å². The van der Waals surface area contributed by atoms with E-state index in [1.54, 1.807) is 6.92 Å². The maximum absolute atomic E-state index is 11.4. The smallest absolute Gasteiger partial charge is 0.143 e. The first-order valence-electron chi connectivity index (χ1n) is 11.4. The number of rotatable bonds is 8. The van der Waals surface area contributed by atoms with Crippen LogP contribution in [-0.4, -0.2) is 46.3 Å². The van der Waals surface area contributed by atoms with Crippen LogP contribution < -0.4 is 15.8 Å². The average molecular weight is 446 g/mol. The molecule has 0 amide bonds. The lowest BCUT2D eigenvalue weighted by Crippen LogP contribution is -2.41. The summed E-state index contributed by atoms with van der Waals surface area (Å²) in [4.78, 5) is 22.4. The van der Waals surface area contributed by atoms with Crippen LogP contribution in [0.5, 0.6) is 11.5 Å². The molecule has 2 heterocycles. The van der Waals surface area contributed by atoms with Gasteiger partial charge >= 0.3 is 0 Å². The average Bonchev–Trinajstić information content (AvgIpc) is 2.81. The second-order valence-electron chi connectivity index (χ2n) is 8.67. The molecule has 1 aromatic heterocycles. The highest BCUT2D eigenvalue weighted by Crippen LogP contribution is 2.34. The summed E-state index contributed by atoms with van der Waals surface area (Å²) < 4.78 is 5.90. The van der Waals surface area contributed by atoms with Crippen molar-refractivity contribution in [2.45, 2.75) is 32.7 Å². The van der Waals surface area contributed by atoms with E-state index in [0.29, 0.717) is 18.3 Å². The monoisotopic (exact) mass is 445 g/mol. The molecule has 3 N–H and O–H groups in total. The molecular weight excluding hydrogens is 414 g/mol. The minimum absolute atomic E-state index is 0.221. The number of hydrogen-bond donors (Lipinski definition) is 2. The fourth-order valence-electron chi connectivity index (χ4n) is 4.37. The molecule has 1 saturated heterocycles. The van der Waals surface area contributed by atoms with Crippen molar-refractivity contribution in [1.82, 2.24) is 14.9 Å². The van der Waals surface area contributed by atoms with Gasteiger partial charge in [0, 0.05) is 6.04 Å². The molecule has 1 fully saturated rings. The summed E-state index contributed by atoms with van der Waals surface area (Å²) in [7, 11) is 0. The van der Waals surface area contributed by atoms with Crippen LogP contribution in [0.15, 0.2) is 60.9 Å². The van der Waals surface area contributed by atoms with Crippen LogP contribution in [0.3, 0.4) is 0 Å². The Morgan fingerprint density at radius 2 is 1.76 bits per heavy atom. The van der Waals surface area contributed by atoms with Crippen molar-refractivity contribution in [3.05, 3.63) is 60.9 Å². The number of nitrogen functional groups attached to an aromatic ring is 1. The van der Waals surface area contributed by atoms with Crippen LogP contribution in [0.2, 0.25) is 0 Å². The second-order valence-corrected chi connectivity index (χ2v) is 8.67. The van der Waals surface area contributed by atoms with E-state index in [1.807, 2.05) is 54.6 Å². The summed E-state index contributed by atoms with van der Waals surface area (Å²) in [6.45, 7) is 6.27. The molecule has 1 aliphatic heterocycles. The number of hydrogen-bond acceptors (Lipinski definition) is 7. The zero-order valence-corrected chi connectivity index (χ0v) is 19.2. The summed E-state index contributed by atoms with van der Waals surface area (Å²) in [6, 6.07) is 17.7. The molecule has 4 rings (SSSR count). The number of carbonyl (C=O) groups excluding carboxylic acids is 1. The number of carbonyl (C=O) groups is 1. The molecule has 7 nitrogen and oxygen atoms in total. The Kier molecular flexibility index (Phi) is 7.19. The van der Waals surface area contributed by atoms with Crippen LogP contribution in [0.4, 0.5) is 11.6 Å². The van der Waals surface area contributed by atoms with Crippen molar-refractivity contribution >= 4 is 17.4 Å². The van der Waals surface area contributed by atoms with E-state index in [4.69, 9.17) is 10.5 Å². The van der Waals surface area contributed by atoms with Crippen molar-refractivity contribution in [3.63, 3.8) is 0 Å². The van der Waals surface area contributed by atoms with E-state index in [9.17, 15) is 4.79 Å². The Balaban J connectivity index is 1.46. The highest BCUT2D eigenvalue weighted by atomic mass is 16.5. The Morgan fingerprint density at radius 3 is 2.42 bits per heavy atom. The number of Topliss-reactive ketones (excluding diaryl/α,β-unsaturated/α-hetero) is 1. The van der Waals surface area contributed by atoms with E-state index < -0.39 is 0 Å². The number of aromatic nitrogens is 2. The molecule has 0 saturated carbocycles. The van der Waals surface area contributed by atoms with Gasteiger partial charge in [-0.25, -0.2) is 9.97 Å². The van der Waals surface area contributed by atoms with Crippen LogP contribution >= 0.6 is 0 Å². The van der Waals surface area contributed by atoms with E-state index in [0.717, 1.165) is 54.4 Å². The summed E-state index contributed by atoms with van der Waals surface area (Å²) >= 11 is 0. The van der Waals surface area contributed by atoms with Gasteiger partial charge in [-0.15, -0.1) is 0 Å². The van der Waals surface area contributed by atoms with Crippen LogP contribution in [-0.2, 0) is 4.79 Å². The molecule has 33 heavy (non-hydrogen) atoms. The zero-order valence-electron chi connectivity index (χ0n) is 19.2. The standard InChI is InChI=1S/C26H31N5O2/c1-18(32)16-31-14-12-20(13-15-31)19(2)30-26-24(25(27)28-17-29-26)21-8-10-23(11-9-21)33-22-6-4-3-5-7-22/h3-11,17,19-20H,12-16H2,1-2H3,(H3,27,28,29,30). The van der Waals surface area contributed by atoms with Crippen molar-refractivity contribution in [2.24, 2.45) is 5.92 Å². The fourth-order valence-corrected chi connectivity index (χ4v) is 4.37. The normalized spacial score (nSPS) is 15.7. The summed E-state index contributed by atoms with van der Waals surface area (Å²) in [5.74, 6) is 3.43. The molecule has 0 bridgehead atoms. The molecule has 1 atom stereocenters. The number of ether oxygens (including phenoxy) is 1. The van der Waals surface area contributed by atoms with Crippen molar-refractivity contribution in [1.29, 1.82) is 0 Å². The highest BCUT2D eigenvalue weighted by molar-refractivity contribution is 5.83.